The van der Waals surface area contributed by atoms with Crippen molar-refractivity contribution in [1.29, 1.82) is 0 Å². The third kappa shape index (κ3) is 3.15. The normalized spacial score (nSPS) is 20.2. The highest BCUT2D eigenvalue weighted by atomic mass is 16.2. The van der Waals surface area contributed by atoms with Gasteiger partial charge in [-0.05, 0) is 57.1 Å². The summed E-state index contributed by atoms with van der Waals surface area (Å²) in [6.45, 7) is 3.94. The van der Waals surface area contributed by atoms with E-state index >= 15 is 0 Å². The number of nitrogens with two attached hydrogens (primary N) is 1. The number of aliphatic imine (C=N–C) groups is 1. The van der Waals surface area contributed by atoms with E-state index in [-0.39, 0.29) is 11.9 Å². The first kappa shape index (κ1) is 15.8. The van der Waals surface area contributed by atoms with Gasteiger partial charge in [0.1, 0.15) is 11.3 Å². The summed E-state index contributed by atoms with van der Waals surface area (Å²) in [5, 5.41) is 0.962. The van der Waals surface area contributed by atoms with Gasteiger partial charge < -0.3 is 15.6 Å². The van der Waals surface area contributed by atoms with Gasteiger partial charge in [0.2, 0.25) is 5.96 Å². The van der Waals surface area contributed by atoms with Gasteiger partial charge in [0.25, 0.3) is 5.91 Å². The highest BCUT2D eigenvalue weighted by Gasteiger charge is 2.28. The van der Waals surface area contributed by atoms with Gasteiger partial charge in [0, 0.05) is 29.9 Å². The number of hydrogen-bond donors (Lipinski definition) is 2. The second-order valence-electron chi connectivity index (χ2n) is 6.50. The Labute approximate surface area is 146 Å². The Morgan fingerprint density at radius 1 is 1.28 bits per heavy atom. The summed E-state index contributed by atoms with van der Waals surface area (Å²) < 4.78 is 0. The number of carbonyl (C=O) groups excluding carboxylic acids is 1. The number of H-pyrrole nitrogens is 1. The molecule has 0 aromatic carbocycles. The molecule has 0 unspecified atom stereocenters. The molecule has 0 spiro atoms. The monoisotopic (exact) mass is 338 g/mol. The molecule has 2 aromatic rings. The Hall–Kier alpha value is -2.67. The van der Waals surface area contributed by atoms with E-state index in [2.05, 4.69) is 19.9 Å². The van der Waals surface area contributed by atoms with Crippen molar-refractivity contribution in [1.82, 2.24) is 19.8 Å². The molecule has 4 heterocycles. The SMILES string of the molecule is NC1=NC(=Cc2c[nH]c3ncccc23)C(=O)N1CCCN1CCCC1. The number of likely N-dealkylation sites (tertiary alicyclic amines) is 1. The van der Waals surface area contributed by atoms with Crippen molar-refractivity contribution in [2.24, 2.45) is 10.7 Å². The fourth-order valence-electron chi connectivity index (χ4n) is 3.49. The third-order valence-corrected chi connectivity index (χ3v) is 4.81. The topological polar surface area (TPSA) is 90.6 Å². The molecule has 0 atom stereocenters. The lowest BCUT2D eigenvalue weighted by atomic mass is 10.2. The lowest BCUT2D eigenvalue weighted by Crippen LogP contribution is -2.39. The minimum absolute atomic E-state index is 0.128. The number of aromatic amines is 1. The van der Waals surface area contributed by atoms with Crippen LogP contribution in [-0.2, 0) is 4.79 Å². The first-order chi connectivity index (χ1) is 12.2. The average molecular weight is 338 g/mol. The molecule has 1 amide bonds. The molecule has 2 aliphatic heterocycles. The number of fused-ring (bicyclic) bond motifs is 1. The number of rotatable bonds is 5. The van der Waals surface area contributed by atoms with E-state index in [1.165, 1.54) is 12.8 Å². The van der Waals surface area contributed by atoms with Crippen LogP contribution in [0.3, 0.4) is 0 Å². The zero-order valence-electron chi connectivity index (χ0n) is 14.1. The molecule has 0 bridgehead atoms. The number of carbonyl (C=O) groups is 1. The van der Waals surface area contributed by atoms with Crippen LogP contribution in [0.25, 0.3) is 17.1 Å². The number of guanidine groups is 1. The Morgan fingerprint density at radius 2 is 2.12 bits per heavy atom. The van der Waals surface area contributed by atoms with E-state index in [9.17, 15) is 4.79 Å². The number of amides is 1. The van der Waals surface area contributed by atoms with Crippen LogP contribution in [-0.4, -0.2) is 57.8 Å². The van der Waals surface area contributed by atoms with E-state index < -0.39 is 0 Å². The van der Waals surface area contributed by atoms with Crippen LogP contribution in [0.4, 0.5) is 0 Å². The number of nitrogens with zero attached hydrogens (tertiary/aromatic N) is 4. The molecule has 130 valence electrons. The van der Waals surface area contributed by atoms with Crippen LogP contribution in [0.15, 0.2) is 35.2 Å². The first-order valence-corrected chi connectivity index (χ1v) is 8.74. The van der Waals surface area contributed by atoms with Crippen molar-refractivity contribution < 1.29 is 4.79 Å². The van der Waals surface area contributed by atoms with E-state index in [4.69, 9.17) is 5.73 Å². The molecule has 4 rings (SSSR count). The van der Waals surface area contributed by atoms with Crippen molar-refractivity contribution in [2.75, 3.05) is 26.2 Å². The van der Waals surface area contributed by atoms with Crippen LogP contribution in [0.1, 0.15) is 24.8 Å². The predicted octanol–water partition coefficient (Wildman–Crippen LogP) is 1.55. The molecule has 1 saturated heterocycles. The highest BCUT2D eigenvalue weighted by Crippen LogP contribution is 2.22. The van der Waals surface area contributed by atoms with Gasteiger partial charge in [0.05, 0.1) is 0 Å². The van der Waals surface area contributed by atoms with E-state index in [1.54, 1.807) is 17.2 Å². The number of nitrogens with one attached hydrogen (secondary N) is 1. The number of hydrogen-bond acceptors (Lipinski definition) is 5. The average Bonchev–Trinajstić information content (AvgIpc) is 3.32. The zero-order valence-corrected chi connectivity index (χ0v) is 14.1. The van der Waals surface area contributed by atoms with Crippen molar-refractivity contribution >= 4 is 29.0 Å². The molecule has 2 aliphatic rings. The summed E-state index contributed by atoms with van der Waals surface area (Å²) in [6, 6.07) is 3.84. The minimum Gasteiger partial charge on any atom is -0.369 e. The zero-order chi connectivity index (χ0) is 17.2. The first-order valence-electron chi connectivity index (χ1n) is 8.74. The summed E-state index contributed by atoms with van der Waals surface area (Å²) in [5.74, 6) is 0.160. The van der Waals surface area contributed by atoms with Gasteiger partial charge in [-0.25, -0.2) is 9.98 Å². The van der Waals surface area contributed by atoms with Gasteiger partial charge in [-0.2, -0.15) is 0 Å². The molecule has 3 N–H and O–H groups in total. The van der Waals surface area contributed by atoms with Gasteiger partial charge in [-0.1, -0.05) is 0 Å². The minimum atomic E-state index is -0.128. The van der Waals surface area contributed by atoms with Crippen LogP contribution in [0.2, 0.25) is 0 Å². The summed E-state index contributed by atoms with van der Waals surface area (Å²) in [7, 11) is 0. The molecule has 7 heteroatoms. The maximum atomic E-state index is 12.6. The smallest absolute Gasteiger partial charge is 0.279 e. The van der Waals surface area contributed by atoms with Crippen molar-refractivity contribution in [3.8, 4) is 0 Å². The van der Waals surface area contributed by atoms with Crippen LogP contribution >= 0.6 is 0 Å². The van der Waals surface area contributed by atoms with Gasteiger partial charge >= 0.3 is 0 Å². The molecular formula is C18H22N6O. The number of aromatic nitrogens is 2. The van der Waals surface area contributed by atoms with Gasteiger partial charge in [-0.15, -0.1) is 0 Å². The summed E-state index contributed by atoms with van der Waals surface area (Å²) in [5.41, 5.74) is 8.04. The Kier molecular flexibility index (Phi) is 4.23. The molecule has 2 aromatic heterocycles. The summed E-state index contributed by atoms with van der Waals surface area (Å²) in [4.78, 5) is 28.3. The Balaban J connectivity index is 1.46. The Morgan fingerprint density at radius 3 is 2.96 bits per heavy atom. The van der Waals surface area contributed by atoms with Crippen LogP contribution < -0.4 is 5.73 Å². The summed E-state index contributed by atoms with van der Waals surface area (Å²) in [6.07, 6.45) is 8.80. The lowest BCUT2D eigenvalue weighted by Gasteiger charge is -2.18. The molecular weight excluding hydrogens is 316 g/mol. The van der Waals surface area contributed by atoms with Crippen molar-refractivity contribution in [3.05, 3.63) is 35.8 Å². The fourth-order valence-corrected chi connectivity index (χ4v) is 3.49. The van der Waals surface area contributed by atoms with Gasteiger partial charge in [0.15, 0.2) is 0 Å². The van der Waals surface area contributed by atoms with Gasteiger partial charge in [-0.3, -0.25) is 9.69 Å². The largest absolute Gasteiger partial charge is 0.369 e. The molecule has 0 saturated carbocycles. The van der Waals surface area contributed by atoms with Crippen LogP contribution in [0.5, 0.6) is 0 Å². The molecule has 25 heavy (non-hydrogen) atoms. The van der Waals surface area contributed by atoms with Crippen LogP contribution in [0, 0.1) is 0 Å². The number of pyridine rings is 1. The highest BCUT2D eigenvalue weighted by molar-refractivity contribution is 6.13. The lowest BCUT2D eigenvalue weighted by molar-refractivity contribution is -0.122. The quantitative estimate of drug-likeness (QED) is 0.809. The molecule has 1 fully saturated rings. The predicted molar refractivity (Wildman–Crippen MR) is 97.7 cm³/mol. The fraction of sp³-hybridized carbons (Fsp3) is 0.389. The third-order valence-electron chi connectivity index (χ3n) is 4.81. The standard InChI is InChI=1S/C18H22N6O/c19-18-22-15(11-13-12-21-16-14(13)5-3-6-20-16)17(25)24(18)10-4-9-23-7-1-2-8-23/h3,5-6,11-12H,1-2,4,7-10H2,(H2,19,22)(H,20,21). The van der Waals surface area contributed by atoms with Crippen molar-refractivity contribution in [3.63, 3.8) is 0 Å². The summed E-state index contributed by atoms with van der Waals surface area (Å²) >= 11 is 0. The second-order valence-corrected chi connectivity index (χ2v) is 6.50. The van der Waals surface area contributed by atoms with E-state index in [1.807, 2.05) is 18.3 Å². The maximum absolute atomic E-state index is 12.6. The molecule has 0 radical (unpaired) electrons. The Bertz CT molecular complexity index is 846. The van der Waals surface area contributed by atoms with E-state index in [0.29, 0.717) is 12.2 Å². The molecule has 0 aliphatic carbocycles. The molecule has 7 nitrogen and oxygen atoms in total. The van der Waals surface area contributed by atoms with E-state index in [0.717, 1.165) is 42.7 Å². The maximum Gasteiger partial charge on any atom is 0.279 e. The second kappa shape index (κ2) is 6.68. The van der Waals surface area contributed by atoms with Crippen molar-refractivity contribution in [2.45, 2.75) is 19.3 Å².